The van der Waals surface area contributed by atoms with Crippen LogP contribution in [0.25, 0.3) is 11.1 Å². The minimum absolute atomic E-state index is 0.0841. The van der Waals surface area contributed by atoms with Gasteiger partial charge in [0.25, 0.3) is 5.91 Å². The van der Waals surface area contributed by atoms with Gasteiger partial charge in [-0.2, -0.15) is 0 Å². The van der Waals surface area contributed by atoms with Crippen LogP contribution in [0.4, 0.5) is 0 Å². The van der Waals surface area contributed by atoms with Crippen LogP contribution in [0.15, 0.2) is 54.6 Å². The number of hydrogen-bond donors (Lipinski definition) is 1. The molecule has 20 heavy (non-hydrogen) atoms. The van der Waals surface area contributed by atoms with Crippen LogP contribution in [0.5, 0.6) is 0 Å². The number of nitrogens with two attached hydrogens (primary N) is 1. The lowest BCUT2D eigenvalue weighted by atomic mass is 10.0. The molecule has 2 aromatic carbocycles. The third kappa shape index (κ3) is 3.23. The Balaban J connectivity index is 2.16. The summed E-state index contributed by atoms with van der Waals surface area (Å²) < 4.78 is 0. The van der Waals surface area contributed by atoms with Gasteiger partial charge in [0.15, 0.2) is 0 Å². The first kappa shape index (κ1) is 13.8. The van der Waals surface area contributed by atoms with E-state index in [4.69, 9.17) is 5.73 Å². The normalized spacial score (nSPS) is 10.1. The molecule has 0 saturated carbocycles. The third-order valence-electron chi connectivity index (χ3n) is 2.98. The molecule has 0 saturated heterocycles. The Morgan fingerprint density at radius 1 is 0.950 bits per heavy atom. The molecular formula is C16H16N2O2. The quantitative estimate of drug-likeness (QED) is 0.920. The Kier molecular flexibility index (Phi) is 4.15. The molecular weight excluding hydrogens is 252 g/mol. The number of amides is 2. The van der Waals surface area contributed by atoms with E-state index in [1.807, 2.05) is 42.5 Å². The lowest BCUT2D eigenvalue weighted by Crippen LogP contribution is -2.35. The number of carbonyl (C=O) groups excluding carboxylic acids is 2. The lowest BCUT2D eigenvalue weighted by molar-refractivity contribution is -0.118. The van der Waals surface area contributed by atoms with Crippen molar-refractivity contribution in [2.75, 3.05) is 13.6 Å². The summed E-state index contributed by atoms with van der Waals surface area (Å²) in [5, 5.41) is 0. The van der Waals surface area contributed by atoms with E-state index in [1.165, 1.54) is 4.90 Å². The fourth-order valence-electron chi connectivity index (χ4n) is 1.96. The molecule has 0 aliphatic heterocycles. The zero-order chi connectivity index (χ0) is 14.5. The van der Waals surface area contributed by atoms with Crippen molar-refractivity contribution < 1.29 is 9.59 Å². The fraction of sp³-hybridized carbons (Fsp3) is 0.125. The summed E-state index contributed by atoms with van der Waals surface area (Å²) in [6.07, 6.45) is 0. The number of nitrogens with zero attached hydrogens (tertiary/aromatic N) is 1. The monoisotopic (exact) mass is 268 g/mol. The summed E-state index contributed by atoms with van der Waals surface area (Å²) in [6.45, 7) is -0.0841. The Morgan fingerprint density at radius 3 is 2.05 bits per heavy atom. The minimum Gasteiger partial charge on any atom is -0.368 e. The van der Waals surface area contributed by atoms with Crippen molar-refractivity contribution >= 4 is 11.8 Å². The van der Waals surface area contributed by atoms with E-state index in [0.717, 1.165) is 11.1 Å². The fourth-order valence-corrected chi connectivity index (χ4v) is 1.96. The second-order valence-corrected chi connectivity index (χ2v) is 4.57. The van der Waals surface area contributed by atoms with Crippen LogP contribution in [-0.2, 0) is 4.79 Å². The summed E-state index contributed by atoms with van der Waals surface area (Å²) in [5.74, 6) is -0.745. The first-order valence-corrected chi connectivity index (χ1v) is 6.27. The van der Waals surface area contributed by atoms with Crippen LogP contribution < -0.4 is 5.73 Å². The smallest absolute Gasteiger partial charge is 0.254 e. The highest BCUT2D eigenvalue weighted by molar-refractivity contribution is 5.96. The van der Waals surface area contributed by atoms with E-state index in [9.17, 15) is 9.59 Å². The molecule has 0 fully saturated rings. The Bertz CT molecular complexity index is 606. The van der Waals surface area contributed by atoms with Crippen molar-refractivity contribution in [2.45, 2.75) is 0 Å². The van der Waals surface area contributed by atoms with E-state index in [-0.39, 0.29) is 12.5 Å². The van der Waals surface area contributed by atoms with Gasteiger partial charge >= 0.3 is 0 Å². The van der Waals surface area contributed by atoms with Crippen molar-refractivity contribution in [1.82, 2.24) is 4.90 Å². The SMILES string of the molecule is CN(CC(N)=O)C(=O)c1ccc(-c2ccccc2)cc1. The number of carbonyl (C=O) groups is 2. The Hall–Kier alpha value is -2.62. The van der Waals surface area contributed by atoms with Crippen molar-refractivity contribution in [2.24, 2.45) is 5.73 Å². The number of primary amides is 1. The van der Waals surface area contributed by atoms with Crippen molar-refractivity contribution in [3.8, 4) is 11.1 Å². The number of hydrogen-bond acceptors (Lipinski definition) is 2. The molecule has 0 bridgehead atoms. The molecule has 0 aromatic heterocycles. The van der Waals surface area contributed by atoms with Gasteiger partial charge in [0, 0.05) is 12.6 Å². The van der Waals surface area contributed by atoms with E-state index >= 15 is 0 Å². The van der Waals surface area contributed by atoms with Crippen molar-refractivity contribution in [3.63, 3.8) is 0 Å². The average Bonchev–Trinajstić information content (AvgIpc) is 2.47. The summed E-state index contributed by atoms with van der Waals surface area (Å²) in [7, 11) is 1.55. The topological polar surface area (TPSA) is 63.4 Å². The molecule has 0 heterocycles. The van der Waals surface area contributed by atoms with Crippen LogP contribution in [-0.4, -0.2) is 30.3 Å². The van der Waals surface area contributed by atoms with Gasteiger partial charge in [-0.05, 0) is 23.3 Å². The highest BCUT2D eigenvalue weighted by atomic mass is 16.2. The third-order valence-corrected chi connectivity index (χ3v) is 2.98. The van der Waals surface area contributed by atoms with Crippen molar-refractivity contribution in [1.29, 1.82) is 0 Å². The van der Waals surface area contributed by atoms with Crippen molar-refractivity contribution in [3.05, 3.63) is 60.2 Å². The van der Waals surface area contributed by atoms with Gasteiger partial charge in [-0.15, -0.1) is 0 Å². The standard InChI is InChI=1S/C16H16N2O2/c1-18(11-15(17)19)16(20)14-9-7-13(8-10-14)12-5-3-2-4-6-12/h2-10H,11H2,1H3,(H2,17,19). The minimum atomic E-state index is -0.526. The molecule has 0 atom stereocenters. The van der Waals surface area contributed by atoms with Crippen LogP contribution in [0.2, 0.25) is 0 Å². The zero-order valence-corrected chi connectivity index (χ0v) is 11.2. The summed E-state index contributed by atoms with van der Waals surface area (Å²) in [6, 6.07) is 17.2. The van der Waals surface area contributed by atoms with E-state index < -0.39 is 5.91 Å². The first-order valence-electron chi connectivity index (χ1n) is 6.27. The van der Waals surface area contributed by atoms with Gasteiger partial charge in [-0.3, -0.25) is 9.59 Å². The van der Waals surface area contributed by atoms with Gasteiger partial charge < -0.3 is 10.6 Å². The maximum atomic E-state index is 12.0. The highest BCUT2D eigenvalue weighted by Crippen LogP contribution is 2.19. The van der Waals surface area contributed by atoms with Crippen LogP contribution in [0, 0.1) is 0 Å². The molecule has 2 rings (SSSR count). The van der Waals surface area contributed by atoms with Gasteiger partial charge in [0.05, 0.1) is 6.54 Å². The second kappa shape index (κ2) is 6.02. The predicted molar refractivity (Wildman–Crippen MR) is 78.0 cm³/mol. The molecule has 2 amide bonds. The largest absolute Gasteiger partial charge is 0.368 e. The van der Waals surface area contributed by atoms with Crippen LogP contribution in [0.3, 0.4) is 0 Å². The van der Waals surface area contributed by atoms with Gasteiger partial charge in [0.1, 0.15) is 0 Å². The zero-order valence-electron chi connectivity index (χ0n) is 11.2. The lowest BCUT2D eigenvalue weighted by Gasteiger charge is -2.15. The number of benzene rings is 2. The Morgan fingerprint density at radius 2 is 1.50 bits per heavy atom. The molecule has 0 radical (unpaired) electrons. The Labute approximate surface area is 117 Å². The summed E-state index contributed by atoms with van der Waals surface area (Å²) >= 11 is 0. The highest BCUT2D eigenvalue weighted by Gasteiger charge is 2.13. The summed E-state index contributed by atoms with van der Waals surface area (Å²) in [5.41, 5.74) is 7.75. The van der Waals surface area contributed by atoms with E-state index in [2.05, 4.69) is 0 Å². The molecule has 4 nitrogen and oxygen atoms in total. The van der Waals surface area contributed by atoms with Crippen LogP contribution >= 0.6 is 0 Å². The molecule has 102 valence electrons. The molecule has 4 heteroatoms. The number of likely N-dealkylation sites (N-methyl/N-ethyl adjacent to an activating group) is 1. The predicted octanol–water partition coefficient (Wildman–Crippen LogP) is 1.91. The average molecular weight is 268 g/mol. The van der Waals surface area contributed by atoms with Gasteiger partial charge in [-0.1, -0.05) is 42.5 Å². The molecule has 2 aromatic rings. The summed E-state index contributed by atoms with van der Waals surface area (Å²) in [4.78, 5) is 24.2. The van der Waals surface area contributed by atoms with E-state index in [0.29, 0.717) is 5.56 Å². The van der Waals surface area contributed by atoms with E-state index in [1.54, 1.807) is 19.2 Å². The van der Waals surface area contributed by atoms with Crippen LogP contribution in [0.1, 0.15) is 10.4 Å². The first-order chi connectivity index (χ1) is 9.58. The van der Waals surface area contributed by atoms with Gasteiger partial charge in [-0.25, -0.2) is 0 Å². The molecule has 2 N–H and O–H groups in total. The van der Waals surface area contributed by atoms with Gasteiger partial charge in [0.2, 0.25) is 5.91 Å². The molecule has 0 aliphatic rings. The molecule has 0 unspecified atom stereocenters. The molecule has 0 spiro atoms. The molecule has 0 aliphatic carbocycles. The number of rotatable bonds is 4. The second-order valence-electron chi connectivity index (χ2n) is 4.57. The maximum Gasteiger partial charge on any atom is 0.254 e. The maximum absolute atomic E-state index is 12.0.